The van der Waals surface area contributed by atoms with E-state index < -0.39 is 0 Å². The largest absolute Gasteiger partial charge is 0.503 e. The molecule has 1 rings (SSSR count). The van der Waals surface area contributed by atoms with Gasteiger partial charge >= 0.3 is 0 Å². The molecule has 0 saturated carbocycles. The zero-order chi connectivity index (χ0) is 10.7. The zero-order valence-corrected chi connectivity index (χ0v) is 10.2. The molecule has 0 aliphatic heterocycles. The summed E-state index contributed by atoms with van der Waals surface area (Å²) in [5, 5.41) is 9.68. The highest BCUT2D eigenvalue weighted by Crippen LogP contribution is 2.42. The average molecular weight is 306 g/mol. The third-order valence-electron chi connectivity index (χ3n) is 1.82. The van der Waals surface area contributed by atoms with Crippen LogP contribution in [0.4, 0.5) is 0 Å². The number of rotatable bonds is 3. The molecule has 76 valence electrons. The van der Waals surface area contributed by atoms with Gasteiger partial charge in [-0.05, 0) is 28.7 Å². The first kappa shape index (κ1) is 11.2. The summed E-state index contributed by atoms with van der Waals surface area (Å²) in [5.41, 5.74) is 0.798. The van der Waals surface area contributed by atoms with Crippen LogP contribution in [0.15, 0.2) is 12.6 Å². The van der Waals surface area contributed by atoms with Gasteiger partial charge in [0.05, 0.1) is 17.8 Å². The van der Waals surface area contributed by atoms with Crippen LogP contribution in [-0.4, -0.2) is 19.3 Å². The zero-order valence-electron chi connectivity index (χ0n) is 8.00. The third kappa shape index (κ3) is 1.79. The normalized spacial score (nSPS) is 9.64. The summed E-state index contributed by atoms with van der Waals surface area (Å²) >= 11 is 2.02. The first-order valence-electron chi connectivity index (χ1n) is 3.91. The number of benzene rings is 1. The predicted octanol–water partition coefficient (Wildman–Crippen LogP) is 2.66. The standard InChI is InChI=1S/C10H11IO3/c1-4-6-5-7(11)8(12)10(14-3)9(6)13-2/h4-5,12H,1H2,2-3H3. The van der Waals surface area contributed by atoms with E-state index in [1.54, 1.807) is 12.1 Å². The minimum Gasteiger partial charge on any atom is -0.503 e. The fourth-order valence-corrected chi connectivity index (χ4v) is 1.75. The summed E-state index contributed by atoms with van der Waals surface area (Å²) in [6, 6.07) is 1.78. The number of aromatic hydroxyl groups is 1. The van der Waals surface area contributed by atoms with Crippen molar-refractivity contribution in [2.75, 3.05) is 14.2 Å². The van der Waals surface area contributed by atoms with Crippen molar-refractivity contribution in [3.63, 3.8) is 0 Å². The van der Waals surface area contributed by atoms with Crippen LogP contribution in [0.1, 0.15) is 5.56 Å². The maximum Gasteiger partial charge on any atom is 0.204 e. The Kier molecular flexibility index (Phi) is 3.62. The van der Waals surface area contributed by atoms with Crippen molar-refractivity contribution in [3.8, 4) is 17.2 Å². The van der Waals surface area contributed by atoms with Crippen molar-refractivity contribution >= 4 is 28.7 Å². The van der Waals surface area contributed by atoms with Crippen LogP contribution in [-0.2, 0) is 0 Å². The molecule has 0 unspecified atom stereocenters. The molecular weight excluding hydrogens is 295 g/mol. The number of halogens is 1. The SMILES string of the molecule is C=Cc1cc(I)c(O)c(OC)c1OC. The van der Waals surface area contributed by atoms with Crippen LogP contribution in [0.2, 0.25) is 0 Å². The number of ether oxygens (including phenoxy) is 2. The summed E-state index contributed by atoms with van der Waals surface area (Å²) < 4.78 is 10.9. The van der Waals surface area contributed by atoms with E-state index in [-0.39, 0.29) is 5.75 Å². The molecule has 0 amide bonds. The van der Waals surface area contributed by atoms with E-state index in [0.29, 0.717) is 15.1 Å². The second kappa shape index (κ2) is 4.54. The van der Waals surface area contributed by atoms with E-state index in [2.05, 4.69) is 6.58 Å². The summed E-state index contributed by atoms with van der Waals surface area (Å²) in [7, 11) is 3.01. The Morgan fingerprint density at radius 2 is 1.93 bits per heavy atom. The fraction of sp³-hybridized carbons (Fsp3) is 0.200. The van der Waals surface area contributed by atoms with Gasteiger partial charge in [0.1, 0.15) is 0 Å². The first-order valence-corrected chi connectivity index (χ1v) is 4.99. The van der Waals surface area contributed by atoms with Crippen LogP contribution in [0.25, 0.3) is 6.08 Å². The van der Waals surface area contributed by atoms with Crippen LogP contribution in [0, 0.1) is 3.57 Å². The van der Waals surface area contributed by atoms with E-state index >= 15 is 0 Å². The van der Waals surface area contributed by atoms with Crippen molar-refractivity contribution in [3.05, 3.63) is 21.8 Å². The van der Waals surface area contributed by atoms with E-state index in [9.17, 15) is 5.11 Å². The maximum atomic E-state index is 9.68. The van der Waals surface area contributed by atoms with Gasteiger partial charge in [-0.2, -0.15) is 0 Å². The monoisotopic (exact) mass is 306 g/mol. The maximum absolute atomic E-state index is 9.68. The van der Waals surface area contributed by atoms with Crippen molar-refractivity contribution in [2.24, 2.45) is 0 Å². The molecule has 4 heteroatoms. The lowest BCUT2D eigenvalue weighted by Gasteiger charge is -2.13. The van der Waals surface area contributed by atoms with Gasteiger partial charge in [0.15, 0.2) is 11.5 Å². The lowest BCUT2D eigenvalue weighted by molar-refractivity contribution is 0.331. The Balaban J connectivity index is 3.49. The minimum atomic E-state index is 0.0931. The summed E-state index contributed by atoms with van der Waals surface area (Å²) in [5.74, 6) is 0.935. The second-order valence-electron chi connectivity index (χ2n) is 2.57. The van der Waals surface area contributed by atoms with Crippen LogP contribution < -0.4 is 9.47 Å². The Morgan fingerprint density at radius 3 is 2.36 bits per heavy atom. The van der Waals surface area contributed by atoms with Crippen molar-refractivity contribution in [1.29, 1.82) is 0 Å². The van der Waals surface area contributed by atoms with Gasteiger partial charge in [0.2, 0.25) is 5.75 Å². The number of hydrogen-bond acceptors (Lipinski definition) is 3. The first-order chi connectivity index (χ1) is 6.65. The van der Waals surface area contributed by atoms with E-state index in [1.807, 2.05) is 22.6 Å². The Bertz CT molecular complexity index is 361. The number of phenols is 1. The van der Waals surface area contributed by atoms with E-state index in [0.717, 1.165) is 5.56 Å². The van der Waals surface area contributed by atoms with Gasteiger partial charge in [-0.3, -0.25) is 0 Å². The molecule has 1 N–H and O–H groups in total. The molecule has 0 radical (unpaired) electrons. The highest BCUT2D eigenvalue weighted by Gasteiger charge is 2.16. The van der Waals surface area contributed by atoms with Gasteiger partial charge in [0, 0.05) is 5.56 Å². The molecule has 14 heavy (non-hydrogen) atoms. The molecule has 1 aromatic carbocycles. The average Bonchev–Trinajstić information content (AvgIpc) is 2.20. The Morgan fingerprint density at radius 1 is 1.36 bits per heavy atom. The molecule has 0 aliphatic rings. The third-order valence-corrected chi connectivity index (χ3v) is 2.64. The highest BCUT2D eigenvalue weighted by molar-refractivity contribution is 14.1. The van der Waals surface area contributed by atoms with Gasteiger partial charge in [-0.1, -0.05) is 12.7 Å². The number of hydrogen-bond donors (Lipinski definition) is 1. The van der Waals surface area contributed by atoms with Gasteiger partial charge in [0.25, 0.3) is 0 Å². The molecule has 0 saturated heterocycles. The Hall–Kier alpha value is -0.910. The van der Waals surface area contributed by atoms with Crippen LogP contribution in [0.3, 0.4) is 0 Å². The molecule has 0 heterocycles. The van der Waals surface area contributed by atoms with Crippen molar-refractivity contribution in [2.45, 2.75) is 0 Å². The van der Waals surface area contributed by atoms with Crippen LogP contribution in [0.5, 0.6) is 17.2 Å². The Labute approximate surface area is 96.5 Å². The molecule has 1 aromatic rings. The van der Waals surface area contributed by atoms with Crippen molar-refractivity contribution < 1.29 is 14.6 Å². The molecular formula is C10H11IO3. The molecule has 0 aromatic heterocycles. The van der Waals surface area contributed by atoms with Gasteiger partial charge in [-0.15, -0.1) is 0 Å². The lowest BCUT2D eigenvalue weighted by atomic mass is 10.1. The molecule has 0 bridgehead atoms. The molecule has 3 nitrogen and oxygen atoms in total. The molecule has 0 aliphatic carbocycles. The molecule has 0 spiro atoms. The van der Waals surface area contributed by atoms with E-state index in [4.69, 9.17) is 9.47 Å². The van der Waals surface area contributed by atoms with Crippen molar-refractivity contribution in [1.82, 2.24) is 0 Å². The number of phenolic OH excluding ortho intramolecular Hbond substituents is 1. The summed E-state index contributed by atoms with van der Waals surface area (Å²) in [4.78, 5) is 0. The van der Waals surface area contributed by atoms with Gasteiger partial charge < -0.3 is 14.6 Å². The topological polar surface area (TPSA) is 38.7 Å². The van der Waals surface area contributed by atoms with E-state index in [1.165, 1.54) is 14.2 Å². The number of methoxy groups -OCH3 is 2. The highest BCUT2D eigenvalue weighted by atomic mass is 127. The second-order valence-corrected chi connectivity index (χ2v) is 3.73. The summed E-state index contributed by atoms with van der Waals surface area (Å²) in [6.45, 7) is 3.67. The summed E-state index contributed by atoms with van der Waals surface area (Å²) in [6.07, 6.45) is 1.66. The predicted molar refractivity (Wildman–Crippen MR) is 64.0 cm³/mol. The van der Waals surface area contributed by atoms with Gasteiger partial charge in [-0.25, -0.2) is 0 Å². The lowest BCUT2D eigenvalue weighted by Crippen LogP contribution is -1.95. The molecule has 0 fully saturated rings. The minimum absolute atomic E-state index is 0.0931. The smallest absolute Gasteiger partial charge is 0.204 e. The van der Waals surface area contributed by atoms with Crippen LogP contribution >= 0.6 is 22.6 Å². The fourth-order valence-electron chi connectivity index (χ4n) is 1.17. The quantitative estimate of drug-likeness (QED) is 0.873. The molecule has 0 atom stereocenters.